The summed E-state index contributed by atoms with van der Waals surface area (Å²) in [5.74, 6) is 0. The molecule has 1 aromatic heterocycles. The summed E-state index contributed by atoms with van der Waals surface area (Å²) in [6.45, 7) is 2.36. The van der Waals surface area contributed by atoms with Crippen molar-refractivity contribution in [3.05, 3.63) is 12.3 Å². The molecule has 0 spiro atoms. The maximum atomic E-state index is 11.7. The van der Waals surface area contributed by atoms with Gasteiger partial charge in [0.2, 0.25) is 0 Å². The third-order valence-electron chi connectivity index (χ3n) is 1.99. The average molecular weight is 296 g/mol. The summed E-state index contributed by atoms with van der Waals surface area (Å²) in [6, 6.07) is 1.47. The van der Waals surface area contributed by atoms with Crippen molar-refractivity contribution in [3.8, 4) is 0 Å². The summed E-state index contributed by atoms with van der Waals surface area (Å²) in [6.07, 6.45) is 2.33. The number of sulfonamides is 1. The minimum Gasteiger partial charge on any atom is -0.256 e. The molecule has 0 radical (unpaired) electrons. The van der Waals surface area contributed by atoms with E-state index in [0.29, 0.717) is 6.54 Å². The number of rotatable bonds is 5. The van der Waals surface area contributed by atoms with Crippen LogP contribution >= 0.6 is 15.9 Å². The lowest BCUT2D eigenvalue weighted by Gasteiger charge is -2.09. The molecule has 7 heteroatoms. The van der Waals surface area contributed by atoms with Gasteiger partial charge in [0.05, 0.1) is 6.20 Å². The van der Waals surface area contributed by atoms with Gasteiger partial charge >= 0.3 is 0 Å². The minimum atomic E-state index is -3.43. The number of nitrogens with one attached hydrogen (secondary N) is 1. The summed E-state index contributed by atoms with van der Waals surface area (Å²) in [5.41, 5.74) is 0. The van der Waals surface area contributed by atoms with E-state index in [0.717, 1.165) is 6.42 Å². The molecule has 0 aliphatic carbocycles. The highest BCUT2D eigenvalue weighted by atomic mass is 79.9. The van der Waals surface area contributed by atoms with Gasteiger partial charge in [-0.05, 0) is 12.5 Å². The Morgan fingerprint density at radius 3 is 2.80 bits per heavy atom. The predicted octanol–water partition coefficient (Wildman–Crippen LogP) is 0.872. The van der Waals surface area contributed by atoms with Crippen molar-refractivity contribution in [2.75, 3.05) is 6.54 Å². The standard InChI is InChI=1S/C8H14BrN3O2S/c1-3-7(9)6-11-15(13,14)8-4-5-10-12(8)2/h4-5,7,11H,3,6H2,1-2H3. The van der Waals surface area contributed by atoms with Crippen LogP contribution < -0.4 is 4.72 Å². The van der Waals surface area contributed by atoms with Gasteiger partial charge in [-0.3, -0.25) is 4.68 Å². The van der Waals surface area contributed by atoms with Gasteiger partial charge in [0, 0.05) is 18.4 Å². The summed E-state index contributed by atoms with van der Waals surface area (Å²) in [5, 5.41) is 3.99. The van der Waals surface area contributed by atoms with Gasteiger partial charge in [0.15, 0.2) is 5.03 Å². The highest BCUT2D eigenvalue weighted by Gasteiger charge is 2.18. The Bertz CT molecular complexity index is 415. The fourth-order valence-corrected chi connectivity index (χ4v) is 2.62. The summed E-state index contributed by atoms with van der Waals surface area (Å²) in [7, 11) is -1.84. The molecule has 0 saturated heterocycles. The third-order valence-corrected chi connectivity index (χ3v) is 4.46. The molecule has 0 aliphatic rings. The molecule has 1 heterocycles. The van der Waals surface area contributed by atoms with E-state index in [2.05, 4.69) is 25.8 Å². The molecule has 1 unspecified atom stereocenters. The second kappa shape index (κ2) is 5.09. The van der Waals surface area contributed by atoms with Crippen LogP contribution in [0.5, 0.6) is 0 Å². The zero-order valence-electron chi connectivity index (χ0n) is 8.64. The number of hydrogen-bond donors (Lipinski definition) is 1. The van der Waals surface area contributed by atoms with Gasteiger partial charge in [-0.15, -0.1) is 0 Å². The Balaban J connectivity index is 2.73. The minimum absolute atomic E-state index is 0.153. The average Bonchev–Trinajstić information content (AvgIpc) is 2.61. The molecule has 1 rings (SSSR count). The van der Waals surface area contributed by atoms with Crippen molar-refractivity contribution in [2.45, 2.75) is 23.2 Å². The first-order valence-electron chi connectivity index (χ1n) is 4.59. The lowest BCUT2D eigenvalue weighted by Crippen LogP contribution is -2.30. The normalized spacial score (nSPS) is 14.1. The zero-order chi connectivity index (χ0) is 11.5. The summed E-state index contributed by atoms with van der Waals surface area (Å²) < 4.78 is 27.3. The van der Waals surface area contributed by atoms with Crippen molar-refractivity contribution >= 4 is 26.0 Å². The first-order chi connectivity index (χ1) is 6.97. The van der Waals surface area contributed by atoms with Crippen LogP contribution in [0, 0.1) is 0 Å². The van der Waals surface area contributed by atoms with E-state index in [1.807, 2.05) is 6.92 Å². The van der Waals surface area contributed by atoms with E-state index in [4.69, 9.17) is 0 Å². The lowest BCUT2D eigenvalue weighted by atomic mass is 10.3. The fraction of sp³-hybridized carbons (Fsp3) is 0.625. The van der Waals surface area contributed by atoms with Crippen molar-refractivity contribution in [1.82, 2.24) is 14.5 Å². The molecule has 1 atom stereocenters. The van der Waals surface area contributed by atoms with Gasteiger partial charge in [0.1, 0.15) is 0 Å². The fourth-order valence-electron chi connectivity index (χ4n) is 1.04. The summed E-state index contributed by atoms with van der Waals surface area (Å²) in [4.78, 5) is 0.153. The number of nitrogens with zero attached hydrogens (tertiary/aromatic N) is 2. The van der Waals surface area contributed by atoms with Crippen LogP contribution in [0.15, 0.2) is 17.3 Å². The largest absolute Gasteiger partial charge is 0.257 e. The van der Waals surface area contributed by atoms with Crippen LogP contribution in [-0.2, 0) is 17.1 Å². The van der Waals surface area contributed by atoms with E-state index in [-0.39, 0.29) is 9.85 Å². The Kier molecular flexibility index (Phi) is 4.30. The number of aryl methyl sites for hydroxylation is 1. The van der Waals surface area contributed by atoms with Gasteiger partial charge in [-0.2, -0.15) is 5.10 Å². The molecule has 1 N–H and O–H groups in total. The second-order valence-corrected chi connectivity index (χ2v) is 6.16. The van der Waals surface area contributed by atoms with E-state index in [1.165, 1.54) is 16.9 Å². The molecule has 0 amide bonds. The second-order valence-electron chi connectivity index (χ2n) is 3.15. The van der Waals surface area contributed by atoms with Gasteiger partial charge in [-0.25, -0.2) is 13.1 Å². The molecule has 15 heavy (non-hydrogen) atoms. The Labute approximate surface area is 98.0 Å². The highest BCUT2D eigenvalue weighted by molar-refractivity contribution is 9.09. The monoisotopic (exact) mass is 295 g/mol. The molecule has 1 aromatic rings. The molecule has 0 aromatic carbocycles. The van der Waals surface area contributed by atoms with Gasteiger partial charge in [0.25, 0.3) is 10.0 Å². The van der Waals surface area contributed by atoms with Crippen LogP contribution in [-0.4, -0.2) is 29.6 Å². The van der Waals surface area contributed by atoms with E-state index >= 15 is 0 Å². The maximum absolute atomic E-state index is 11.7. The molecule has 0 aliphatic heterocycles. The van der Waals surface area contributed by atoms with E-state index in [1.54, 1.807) is 7.05 Å². The molecular weight excluding hydrogens is 282 g/mol. The SMILES string of the molecule is CCC(Br)CNS(=O)(=O)c1ccnn1C. The van der Waals surface area contributed by atoms with Crippen molar-refractivity contribution in [2.24, 2.45) is 7.05 Å². The van der Waals surface area contributed by atoms with Gasteiger partial charge < -0.3 is 0 Å². The molecular formula is C8H14BrN3O2S. The first-order valence-corrected chi connectivity index (χ1v) is 6.99. The quantitative estimate of drug-likeness (QED) is 0.820. The topological polar surface area (TPSA) is 64.0 Å². The van der Waals surface area contributed by atoms with Crippen molar-refractivity contribution < 1.29 is 8.42 Å². The highest BCUT2D eigenvalue weighted by Crippen LogP contribution is 2.08. The number of alkyl halides is 1. The van der Waals surface area contributed by atoms with E-state index in [9.17, 15) is 8.42 Å². The van der Waals surface area contributed by atoms with Crippen LogP contribution in [0.1, 0.15) is 13.3 Å². The molecule has 5 nitrogen and oxygen atoms in total. The Morgan fingerprint density at radius 1 is 1.67 bits per heavy atom. The van der Waals surface area contributed by atoms with Crippen LogP contribution in [0.25, 0.3) is 0 Å². The molecule has 0 saturated carbocycles. The van der Waals surface area contributed by atoms with E-state index < -0.39 is 10.0 Å². The number of hydrogen-bond acceptors (Lipinski definition) is 3. The molecule has 86 valence electrons. The maximum Gasteiger partial charge on any atom is 0.257 e. The lowest BCUT2D eigenvalue weighted by molar-refractivity contribution is 0.562. The van der Waals surface area contributed by atoms with Crippen LogP contribution in [0.3, 0.4) is 0 Å². The van der Waals surface area contributed by atoms with Crippen LogP contribution in [0.4, 0.5) is 0 Å². The van der Waals surface area contributed by atoms with Crippen molar-refractivity contribution in [3.63, 3.8) is 0 Å². The Morgan fingerprint density at radius 2 is 2.33 bits per heavy atom. The van der Waals surface area contributed by atoms with Gasteiger partial charge in [-0.1, -0.05) is 22.9 Å². The van der Waals surface area contributed by atoms with Crippen molar-refractivity contribution in [1.29, 1.82) is 0 Å². The summed E-state index contributed by atoms with van der Waals surface area (Å²) >= 11 is 3.36. The molecule has 0 bridgehead atoms. The Hall–Kier alpha value is -0.400. The third kappa shape index (κ3) is 3.29. The van der Waals surface area contributed by atoms with Crippen LogP contribution in [0.2, 0.25) is 0 Å². The number of aromatic nitrogens is 2. The molecule has 0 fully saturated rings. The number of halogens is 1. The predicted molar refractivity (Wildman–Crippen MR) is 61.4 cm³/mol. The smallest absolute Gasteiger partial charge is 0.256 e. The first kappa shape index (κ1) is 12.7. The zero-order valence-corrected chi connectivity index (χ0v) is 11.0.